The van der Waals surface area contributed by atoms with Crippen molar-refractivity contribution < 1.29 is 4.39 Å². The Morgan fingerprint density at radius 2 is 2.30 bits per heavy atom. The normalized spacial score (nSPS) is 10.5. The van der Waals surface area contributed by atoms with Gasteiger partial charge in [0, 0.05) is 27.1 Å². The minimum atomic E-state index is 0.641. The van der Waals surface area contributed by atoms with Crippen molar-refractivity contribution in [3.8, 4) is 5.97 Å². The highest BCUT2D eigenvalue weighted by atomic mass is 15.2. The molecule has 0 aliphatic rings. The summed E-state index contributed by atoms with van der Waals surface area (Å²) < 4.78 is 0.641. The molecule has 0 saturated heterocycles. The summed E-state index contributed by atoms with van der Waals surface area (Å²) in [4.78, 5) is 0. The third-order valence-corrected chi connectivity index (χ3v) is 1.32. The maximum atomic E-state index is 8.35. The summed E-state index contributed by atoms with van der Waals surface area (Å²) in [6.07, 6.45) is 2.82. The van der Waals surface area contributed by atoms with Crippen LogP contribution in [0.3, 0.4) is 0 Å². The lowest BCUT2D eigenvalue weighted by atomic mass is 9.91. The lowest BCUT2D eigenvalue weighted by Crippen LogP contribution is -2.43. The number of nitriles is 1. The van der Waals surface area contributed by atoms with Crippen molar-refractivity contribution >= 4 is 7.41 Å². The summed E-state index contributed by atoms with van der Waals surface area (Å²) in [5.74, 6) is 2.03. The molecule has 0 aliphatic heterocycles. The van der Waals surface area contributed by atoms with E-state index in [1.165, 1.54) is 0 Å². The SMILES string of the molecule is C=CCC[N+](C)(C)[B-]C#N. The number of quaternary nitrogens is 1. The Labute approximate surface area is 63.6 Å². The van der Waals surface area contributed by atoms with Crippen LogP contribution in [-0.4, -0.2) is 32.4 Å². The van der Waals surface area contributed by atoms with Crippen molar-refractivity contribution in [1.29, 1.82) is 5.26 Å². The van der Waals surface area contributed by atoms with Gasteiger partial charge in [-0.1, -0.05) is 6.08 Å². The van der Waals surface area contributed by atoms with Gasteiger partial charge in [-0.25, -0.2) is 5.26 Å². The predicted molar refractivity (Wildman–Crippen MR) is 43.2 cm³/mol. The minimum Gasteiger partial charge on any atom is -0.552 e. The average Bonchev–Trinajstić information content (AvgIpc) is 1.84. The van der Waals surface area contributed by atoms with Crippen molar-refractivity contribution in [3.63, 3.8) is 0 Å². The second-order valence-electron chi connectivity index (χ2n) is 2.84. The van der Waals surface area contributed by atoms with Crippen molar-refractivity contribution in [2.45, 2.75) is 6.42 Å². The molecule has 3 heteroatoms. The Bertz CT molecular complexity index is 146. The Kier molecular flexibility index (Phi) is 3.82. The van der Waals surface area contributed by atoms with E-state index in [1.54, 1.807) is 7.41 Å². The van der Waals surface area contributed by atoms with E-state index in [1.807, 2.05) is 26.1 Å². The van der Waals surface area contributed by atoms with E-state index in [2.05, 4.69) is 6.58 Å². The number of hydrogen-bond acceptors (Lipinski definition) is 1. The van der Waals surface area contributed by atoms with Crippen LogP contribution in [0.25, 0.3) is 0 Å². The van der Waals surface area contributed by atoms with Crippen LogP contribution in [0.4, 0.5) is 0 Å². The van der Waals surface area contributed by atoms with Crippen LogP contribution < -0.4 is 0 Å². The number of rotatable bonds is 4. The van der Waals surface area contributed by atoms with Gasteiger partial charge >= 0.3 is 0 Å². The first-order valence-corrected chi connectivity index (χ1v) is 3.30. The molecule has 2 nitrogen and oxygen atoms in total. The molecule has 54 valence electrons. The summed E-state index contributed by atoms with van der Waals surface area (Å²) in [6, 6.07) is 0. The van der Waals surface area contributed by atoms with E-state index >= 15 is 0 Å². The highest BCUT2D eigenvalue weighted by Gasteiger charge is 2.00. The van der Waals surface area contributed by atoms with Crippen LogP contribution in [0.1, 0.15) is 6.42 Å². The molecule has 0 heterocycles. The molecule has 0 saturated carbocycles. The van der Waals surface area contributed by atoms with Gasteiger partial charge in [-0.3, -0.25) is 0 Å². The van der Waals surface area contributed by atoms with E-state index in [9.17, 15) is 0 Å². The molecule has 0 atom stereocenters. The summed E-state index contributed by atoms with van der Waals surface area (Å²) in [6.45, 7) is 4.56. The molecule has 0 fully saturated rings. The van der Waals surface area contributed by atoms with Gasteiger partial charge in [-0.15, -0.1) is 12.5 Å². The van der Waals surface area contributed by atoms with Crippen molar-refractivity contribution in [3.05, 3.63) is 12.7 Å². The molecule has 0 aromatic rings. The third-order valence-electron chi connectivity index (χ3n) is 1.32. The summed E-state index contributed by atoms with van der Waals surface area (Å²) >= 11 is 0. The van der Waals surface area contributed by atoms with E-state index in [-0.39, 0.29) is 0 Å². The number of nitrogens with zero attached hydrogens (tertiary/aromatic N) is 2. The van der Waals surface area contributed by atoms with Crippen LogP contribution in [-0.2, 0) is 0 Å². The first-order valence-electron chi connectivity index (χ1n) is 3.30. The maximum absolute atomic E-state index is 8.35. The molecular weight excluding hydrogens is 123 g/mol. The highest BCUT2D eigenvalue weighted by Crippen LogP contribution is 1.95. The van der Waals surface area contributed by atoms with Crippen LogP contribution >= 0.6 is 0 Å². The van der Waals surface area contributed by atoms with E-state index in [0.29, 0.717) is 4.39 Å². The van der Waals surface area contributed by atoms with Crippen LogP contribution in [0.2, 0.25) is 0 Å². The van der Waals surface area contributed by atoms with Gasteiger partial charge in [0.2, 0.25) is 0 Å². The highest BCUT2D eigenvalue weighted by molar-refractivity contribution is 6.36. The molecule has 0 aromatic heterocycles. The van der Waals surface area contributed by atoms with Gasteiger partial charge in [0.05, 0.1) is 0 Å². The zero-order valence-electron chi connectivity index (χ0n) is 6.67. The second-order valence-corrected chi connectivity index (χ2v) is 2.84. The molecule has 0 rings (SSSR count). The van der Waals surface area contributed by atoms with Gasteiger partial charge in [0.15, 0.2) is 0 Å². The van der Waals surface area contributed by atoms with Crippen LogP contribution in [0.15, 0.2) is 12.7 Å². The van der Waals surface area contributed by atoms with Crippen molar-refractivity contribution in [2.75, 3.05) is 20.6 Å². The van der Waals surface area contributed by atoms with E-state index in [0.717, 1.165) is 13.0 Å². The van der Waals surface area contributed by atoms with E-state index in [4.69, 9.17) is 5.26 Å². The molecule has 0 aromatic carbocycles. The Morgan fingerprint density at radius 1 is 1.70 bits per heavy atom. The van der Waals surface area contributed by atoms with E-state index < -0.39 is 0 Å². The van der Waals surface area contributed by atoms with Gasteiger partial charge < -0.3 is 4.39 Å². The standard InChI is InChI=1S/C7H13BN2/c1-4-5-6-10(2,3)8-7-9/h4H,1,5-6H2,2-3H3. The monoisotopic (exact) mass is 136 g/mol. The number of hydrogen-bond donors (Lipinski definition) is 0. The quantitative estimate of drug-likeness (QED) is 0.413. The molecule has 0 unspecified atom stereocenters. The largest absolute Gasteiger partial charge is 0.552 e. The zero-order chi connectivity index (χ0) is 8.04. The average molecular weight is 136 g/mol. The fourth-order valence-corrected chi connectivity index (χ4v) is 0.645. The van der Waals surface area contributed by atoms with Crippen molar-refractivity contribution in [2.24, 2.45) is 0 Å². The summed E-state index contributed by atoms with van der Waals surface area (Å²) in [5, 5.41) is 8.35. The molecule has 2 radical (unpaired) electrons. The minimum absolute atomic E-state index is 0.641. The van der Waals surface area contributed by atoms with Crippen molar-refractivity contribution in [1.82, 2.24) is 0 Å². The maximum Gasteiger partial charge on any atom is 0.126 e. The predicted octanol–water partition coefficient (Wildman–Crippen LogP) is 0.739. The summed E-state index contributed by atoms with van der Waals surface area (Å²) in [7, 11) is 5.60. The fourth-order valence-electron chi connectivity index (χ4n) is 0.645. The third kappa shape index (κ3) is 4.17. The van der Waals surface area contributed by atoms with Gasteiger partial charge in [0.1, 0.15) is 7.41 Å². The first kappa shape index (κ1) is 9.25. The lowest BCUT2D eigenvalue weighted by Gasteiger charge is -2.39. The topological polar surface area (TPSA) is 23.8 Å². The first-order chi connectivity index (χ1) is 4.62. The van der Waals surface area contributed by atoms with Gasteiger partial charge in [-0.2, -0.15) is 0 Å². The molecule has 0 aliphatic carbocycles. The summed E-state index contributed by atoms with van der Waals surface area (Å²) in [5.41, 5.74) is 0. The second kappa shape index (κ2) is 4.13. The molecular formula is C7H13BN2. The molecule has 0 amide bonds. The molecule has 0 N–H and O–H groups in total. The zero-order valence-corrected chi connectivity index (χ0v) is 6.67. The van der Waals surface area contributed by atoms with Gasteiger partial charge in [0.25, 0.3) is 0 Å². The van der Waals surface area contributed by atoms with Crippen LogP contribution in [0, 0.1) is 11.2 Å². The van der Waals surface area contributed by atoms with Crippen LogP contribution in [0.5, 0.6) is 0 Å². The lowest BCUT2D eigenvalue weighted by molar-refractivity contribution is -0.776. The Morgan fingerprint density at radius 3 is 2.70 bits per heavy atom. The fraction of sp³-hybridized carbons (Fsp3) is 0.571. The van der Waals surface area contributed by atoms with Gasteiger partial charge in [-0.05, 0) is 0 Å². The Balaban J connectivity index is 3.64. The molecule has 0 bridgehead atoms. The molecule has 10 heavy (non-hydrogen) atoms. The smallest absolute Gasteiger partial charge is 0.126 e. The Hall–Kier alpha value is -0.745. The molecule has 0 spiro atoms.